The van der Waals surface area contributed by atoms with E-state index in [0.29, 0.717) is 5.88 Å². The molecule has 2 rings (SSSR count). The topological polar surface area (TPSA) is 29.9 Å². The second-order valence-corrected chi connectivity index (χ2v) is 5.84. The second kappa shape index (κ2) is 5.29. The Balaban J connectivity index is 2.08. The summed E-state index contributed by atoms with van der Waals surface area (Å²) in [6.07, 6.45) is 3.66. The highest BCUT2D eigenvalue weighted by molar-refractivity contribution is 9.10. The van der Waals surface area contributed by atoms with Gasteiger partial charge in [-0.2, -0.15) is 5.10 Å². The minimum Gasteiger partial charge on any atom is -0.304 e. The number of alkyl halides is 1. The van der Waals surface area contributed by atoms with Gasteiger partial charge in [-0.25, -0.2) is 0 Å². The van der Waals surface area contributed by atoms with Crippen LogP contribution in [0.25, 0.3) is 0 Å². The molecule has 1 fully saturated rings. The van der Waals surface area contributed by atoms with Crippen LogP contribution in [0.5, 0.6) is 0 Å². The third-order valence-electron chi connectivity index (χ3n) is 3.65. The first-order chi connectivity index (χ1) is 8.12. The largest absolute Gasteiger partial charge is 0.304 e. The van der Waals surface area contributed by atoms with E-state index in [1.165, 1.54) is 25.0 Å². The first-order valence-electron chi connectivity index (χ1n) is 6.14. The summed E-state index contributed by atoms with van der Waals surface area (Å²) < 4.78 is 3.17. The van der Waals surface area contributed by atoms with E-state index in [1.54, 1.807) is 0 Å². The van der Waals surface area contributed by atoms with Crippen LogP contribution in [0.4, 0.5) is 0 Å². The third kappa shape index (κ3) is 2.54. The number of nitrogens with zero attached hydrogens (tertiary/aromatic N) is 2. The maximum absolute atomic E-state index is 6.05. The molecule has 1 aliphatic carbocycles. The van der Waals surface area contributed by atoms with Gasteiger partial charge >= 0.3 is 0 Å². The summed E-state index contributed by atoms with van der Waals surface area (Å²) in [7, 11) is 0. The SMILES string of the molecule is CCn1nc(C)c(Br)c1CNC1(CCl)CCC1. The summed E-state index contributed by atoms with van der Waals surface area (Å²) in [6, 6.07) is 0. The molecule has 96 valence electrons. The lowest BCUT2D eigenvalue weighted by molar-refractivity contribution is 0.209. The van der Waals surface area contributed by atoms with Crippen LogP contribution in [0.1, 0.15) is 37.6 Å². The lowest BCUT2D eigenvalue weighted by Crippen LogP contribution is -2.52. The van der Waals surface area contributed by atoms with E-state index >= 15 is 0 Å². The van der Waals surface area contributed by atoms with E-state index < -0.39 is 0 Å². The van der Waals surface area contributed by atoms with Gasteiger partial charge in [-0.1, -0.05) is 0 Å². The van der Waals surface area contributed by atoms with Crippen LogP contribution in [0, 0.1) is 6.92 Å². The minimum atomic E-state index is 0.164. The highest BCUT2D eigenvalue weighted by atomic mass is 79.9. The van der Waals surface area contributed by atoms with Crippen LogP contribution in [-0.2, 0) is 13.1 Å². The Hall–Kier alpha value is -0.0600. The molecule has 1 N–H and O–H groups in total. The van der Waals surface area contributed by atoms with Gasteiger partial charge in [0.2, 0.25) is 0 Å². The van der Waals surface area contributed by atoms with Crippen molar-refractivity contribution >= 4 is 27.5 Å². The van der Waals surface area contributed by atoms with E-state index in [9.17, 15) is 0 Å². The van der Waals surface area contributed by atoms with Crippen molar-refractivity contribution in [2.45, 2.75) is 51.7 Å². The molecule has 0 saturated heterocycles. The summed E-state index contributed by atoms with van der Waals surface area (Å²) in [5, 5.41) is 8.10. The first-order valence-corrected chi connectivity index (χ1v) is 7.47. The smallest absolute Gasteiger partial charge is 0.0739 e. The number of hydrogen-bond acceptors (Lipinski definition) is 2. The van der Waals surface area contributed by atoms with Gasteiger partial charge in [0.05, 0.1) is 15.9 Å². The van der Waals surface area contributed by atoms with E-state index in [-0.39, 0.29) is 5.54 Å². The Morgan fingerprint density at radius 3 is 2.71 bits per heavy atom. The fourth-order valence-corrected chi connectivity index (χ4v) is 3.06. The van der Waals surface area contributed by atoms with Crippen molar-refractivity contribution in [1.29, 1.82) is 0 Å². The van der Waals surface area contributed by atoms with Crippen LogP contribution in [0.2, 0.25) is 0 Å². The maximum Gasteiger partial charge on any atom is 0.0739 e. The van der Waals surface area contributed by atoms with Gasteiger partial charge in [0.1, 0.15) is 0 Å². The standard InChI is InChI=1S/C12H19BrClN3/c1-3-17-10(11(13)9(2)16-17)7-15-12(8-14)5-4-6-12/h15H,3-8H2,1-2H3. The van der Waals surface area contributed by atoms with Crippen molar-refractivity contribution in [3.63, 3.8) is 0 Å². The predicted molar refractivity (Wildman–Crippen MR) is 74.5 cm³/mol. The quantitative estimate of drug-likeness (QED) is 0.844. The second-order valence-electron chi connectivity index (χ2n) is 4.78. The van der Waals surface area contributed by atoms with E-state index in [2.05, 4.69) is 33.3 Å². The Kier molecular flexibility index (Phi) is 4.16. The Morgan fingerprint density at radius 1 is 1.53 bits per heavy atom. The summed E-state index contributed by atoms with van der Waals surface area (Å²) in [5.41, 5.74) is 2.44. The molecule has 0 bridgehead atoms. The van der Waals surface area contributed by atoms with Crippen LogP contribution in [0.3, 0.4) is 0 Å². The van der Waals surface area contributed by atoms with Gasteiger partial charge in [-0.15, -0.1) is 11.6 Å². The first kappa shape index (κ1) is 13.4. The molecule has 0 atom stereocenters. The fraction of sp³-hybridized carbons (Fsp3) is 0.750. The number of halogens is 2. The van der Waals surface area contributed by atoms with E-state index in [4.69, 9.17) is 11.6 Å². The van der Waals surface area contributed by atoms with Gasteiger partial charge in [0.15, 0.2) is 0 Å². The molecule has 3 nitrogen and oxygen atoms in total. The Bertz CT molecular complexity index is 393. The summed E-state index contributed by atoms with van der Waals surface area (Å²) >= 11 is 9.66. The zero-order chi connectivity index (χ0) is 12.5. The molecule has 5 heteroatoms. The van der Waals surface area contributed by atoms with Crippen LogP contribution < -0.4 is 5.32 Å². The van der Waals surface area contributed by atoms with E-state index in [1.807, 2.05) is 11.6 Å². The lowest BCUT2D eigenvalue weighted by Gasteiger charge is -2.41. The van der Waals surface area contributed by atoms with Crippen LogP contribution >= 0.6 is 27.5 Å². The molecule has 0 aliphatic heterocycles. The summed E-state index contributed by atoms with van der Waals surface area (Å²) in [6.45, 7) is 5.88. The molecule has 0 unspecified atom stereocenters. The van der Waals surface area contributed by atoms with E-state index in [0.717, 1.165) is 23.3 Å². The van der Waals surface area contributed by atoms with Crippen LogP contribution in [-0.4, -0.2) is 21.2 Å². The van der Waals surface area contributed by atoms with Gasteiger partial charge < -0.3 is 5.32 Å². The van der Waals surface area contributed by atoms with Crippen molar-refractivity contribution in [1.82, 2.24) is 15.1 Å². The number of rotatable bonds is 5. The van der Waals surface area contributed by atoms with Crippen molar-refractivity contribution in [2.24, 2.45) is 0 Å². The monoisotopic (exact) mass is 319 g/mol. The fourth-order valence-electron chi connectivity index (χ4n) is 2.27. The Labute approximate surface area is 116 Å². The minimum absolute atomic E-state index is 0.164. The van der Waals surface area contributed by atoms with Gasteiger partial charge in [-0.05, 0) is 49.0 Å². The molecule has 0 amide bonds. The third-order valence-corrected chi connectivity index (χ3v) is 5.19. The molecular formula is C12H19BrClN3. The maximum atomic E-state index is 6.05. The zero-order valence-electron chi connectivity index (χ0n) is 10.4. The number of aromatic nitrogens is 2. The normalized spacial score (nSPS) is 18.1. The summed E-state index contributed by atoms with van der Waals surface area (Å²) in [5.74, 6) is 0.698. The molecule has 0 aromatic carbocycles. The van der Waals surface area contributed by atoms with Crippen molar-refractivity contribution in [3.05, 3.63) is 15.9 Å². The molecule has 1 saturated carbocycles. The highest BCUT2D eigenvalue weighted by Crippen LogP contribution is 2.33. The van der Waals surface area contributed by atoms with Gasteiger partial charge in [-0.3, -0.25) is 4.68 Å². The van der Waals surface area contributed by atoms with Crippen molar-refractivity contribution in [2.75, 3.05) is 5.88 Å². The molecular weight excluding hydrogens is 302 g/mol. The van der Waals surface area contributed by atoms with Gasteiger partial charge in [0.25, 0.3) is 0 Å². The Morgan fingerprint density at radius 2 is 2.24 bits per heavy atom. The molecule has 0 spiro atoms. The van der Waals surface area contributed by atoms with Crippen molar-refractivity contribution < 1.29 is 0 Å². The molecule has 1 aliphatic rings. The summed E-state index contributed by atoms with van der Waals surface area (Å²) in [4.78, 5) is 0. The molecule has 17 heavy (non-hydrogen) atoms. The van der Waals surface area contributed by atoms with Crippen molar-refractivity contribution in [3.8, 4) is 0 Å². The average Bonchev–Trinajstić information content (AvgIpc) is 2.55. The lowest BCUT2D eigenvalue weighted by atomic mass is 9.78. The molecule has 1 aromatic heterocycles. The highest BCUT2D eigenvalue weighted by Gasteiger charge is 2.35. The van der Waals surface area contributed by atoms with Crippen LogP contribution in [0.15, 0.2) is 4.47 Å². The number of aryl methyl sites for hydroxylation is 2. The number of nitrogens with one attached hydrogen (secondary N) is 1. The molecule has 1 heterocycles. The molecule has 1 aromatic rings. The zero-order valence-corrected chi connectivity index (χ0v) is 12.7. The van der Waals surface area contributed by atoms with Gasteiger partial charge in [0, 0.05) is 24.5 Å². The molecule has 0 radical (unpaired) electrons. The predicted octanol–water partition coefficient (Wildman–Crippen LogP) is 3.23. The average molecular weight is 321 g/mol. The number of hydrogen-bond donors (Lipinski definition) is 1.